The fraction of sp³-hybridized carbons (Fsp3) is 0.111. The summed E-state index contributed by atoms with van der Waals surface area (Å²) in [4.78, 5) is 3.57. The molecule has 19 heavy (non-hydrogen) atoms. The molecule has 4 rings (SSSR count). The molecule has 1 aromatic heterocycles. The molecular weight excluding hydrogens is 230 g/mol. The molecule has 1 nitrogen and oxygen atoms in total. The molecule has 1 unspecified atom stereocenters. The molecule has 3 aromatic rings. The predicted molar refractivity (Wildman–Crippen MR) is 80.2 cm³/mol. The number of rotatable bonds is 1. The third kappa shape index (κ3) is 1.70. The lowest BCUT2D eigenvalue weighted by Gasteiger charge is -2.20. The van der Waals surface area contributed by atoms with E-state index in [0.717, 1.165) is 6.42 Å². The molecule has 1 heteroatoms. The van der Waals surface area contributed by atoms with Gasteiger partial charge in [-0.3, -0.25) is 0 Å². The van der Waals surface area contributed by atoms with Gasteiger partial charge in [0.05, 0.1) is 0 Å². The maximum atomic E-state index is 3.57. The van der Waals surface area contributed by atoms with Crippen LogP contribution in [0.3, 0.4) is 0 Å². The van der Waals surface area contributed by atoms with Crippen molar-refractivity contribution in [1.29, 1.82) is 0 Å². The van der Waals surface area contributed by atoms with Gasteiger partial charge in [0.2, 0.25) is 0 Å². The van der Waals surface area contributed by atoms with E-state index in [9.17, 15) is 0 Å². The second kappa shape index (κ2) is 4.13. The summed E-state index contributed by atoms with van der Waals surface area (Å²) >= 11 is 0. The Labute approximate surface area is 112 Å². The first kappa shape index (κ1) is 10.6. The summed E-state index contributed by atoms with van der Waals surface area (Å²) < 4.78 is 0. The second-order valence-corrected chi connectivity index (χ2v) is 5.13. The van der Waals surface area contributed by atoms with Crippen molar-refractivity contribution < 1.29 is 0 Å². The zero-order chi connectivity index (χ0) is 12.7. The van der Waals surface area contributed by atoms with E-state index in [1.807, 2.05) is 0 Å². The summed E-state index contributed by atoms with van der Waals surface area (Å²) in [6.07, 6.45) is 5.58. The highest BCUT2D eigenvalue weighted by atomic mass is 14.7. The van der Waals surface area contributed by atoms with Crippen LogP contribution in [0.25, 0.3) is 17.0 Å². The number of allylic oxidation sites excluding steroid dienone is 1. The molecule has 1 N–H and O–H groups in total. The summed E-state index contributed by atoms with van der Waals surface area (Å²) in [5.41, 5.74) is 5.32. The van der Waals surface area contributed by atoms with Crippen molar-refractivity contribution in [2.24, 2.45) is 0 Å². The Balaban J connectivity index is 1.86. The topological polar surface area (TPSA) is 15.8 Å². The quantitative estimate of drug-likeness (QED) is 0.638. The Kier molecular flexibility index (Phi) is 2.31. The van der Waals surface area contributed by atoms with Gasteiger partial charge in [-0.25, -0.2) is 0 Å². The van der Waals surface area contributed by atoms with Gasteiger partial charge < -0.3 is 4.98 Å². The van der Waals surface area contributed by atoms with Crippen LogP contribution in [0.2, 0.25) is 0 Å². The van der Waals surface area contributed by atoms with Gasteiger partial charge in [-0.1, -0.05) is 54.6 Å². The molecule has 0 amide bonds. The molecule has 92 valence electrons. The SMILES string of the molecule is C1=Cc2ccccc2C(c2cc3ccccc3[nH]2)C1. The van der Waals surface area contributed by atoms with E-state index in [-0.39, 0.29) is 0 Å². The molecule has 0 spiro atoms. The van der Waals surface area contributed by atoms with E-state index in [4.69, 9.17) is 0 Å². The number of nitrogens with one attached hydrogen (secondary N) is 1. The first-order valence-corrected chi connectivity index (χ1v) is 6.75. The summed E-state index contributed by atoms with van der Waals surface area (Å²) in [5.74, 6) is 0.452. The maximum Gasteiger partial charge on any atom is 0.0456 e. The smallest absolute Gasteiger partial charge is 0.0456 e. The van der Waals surface area contributed by atoms with Crippen LogP contribution in [0.1, 0.15) is 29.2 Å². The largest absolute Gasteiger partial charge is 0.358 e. The van der Waals surface area contributed by atoms with Gasteiger partial charge in [-0.05, 0) is 35.1 Å². The van der Waals surface area contributed by atoms with Crippen LogP contribution in [0.15, 0.2) is 60.7 Å². The number of benzene rings is 2. The average molecular weight is 245 g/mol. The molecule has 1 aliphatic carbocycles. The molecule has 1 heterocycles. The number of hydrogen-bond donors (Lipinski definition) is 1. The molecule has 0 fully saturated rings. The summed E-state index contributed by atoms with van der Waals surface area (Å²) in [6.45, 7) is 0. The van der Waals surface area contributed by atoms with Gasteiger partial charge in [-0.15, -0.1) is 0 Å². The van der Waals surface area contributed by atoms with Crippen molar-refractivity contribution in [3.63, 3.8) is 0 Å². The fourth-order valence-electron chi connectivity index (χ4n) is 3.02. The van der Waals surface area contributed by atoms with E-state index in [2.05, 4.69) is 71.7 Å². The molecular formula is C18H15N. The van der Waals surface area contributed by atoms with E-state index in [0.29, 0.717) is 5.92 Å². The molecule has 0 saturated carbocycles. The molecule has 2 aromatic carbocycles. The van der Waals surface area contributed by atoms with Crippen LogP contribution in [0, 0.1) is 0 Å². The Morgan fingerprint density at radius 2 is 1.79 bits per heavy atom. The number of H-pyrrole nitrogens is 1. The van der Waals surface area contributed by atoms with Crippen molar-refractivity contribution in [3.05, 3.63) is 77.5 Å². The normalized spacial score (nSPS) is 17.6. The Morgan fingerprint density at radius 3 is 2.74 bits per heavy atom. The van der Waals surface area contributed by atoms with Crippen LogP contribution in [-0.4, -0.2) is 4.98 Å². The Morgan fingerprint density at radius 1 is 0.947 bits per heavy atom. The van der Waals surface area contributed by atoms with Crippen molar-refractivity contribution >= 4 is 17.0 Å². The van der Waals surface area contributed by atoms with Crippen molar-refractivity contribution in [1.82, 2.24) is 4.98 Å². The van der Waals surface area contributed by atoms with Crippen molar-refractivity contribution in [2.75, 3.05) is 0 Å². The van der Waals surface area contributed by atoms with E-state index in [1.54, 1.807) is 0 Å². The van der Waals surface area contributed by atoms with Crippen molar-refractivity contribution in [3.8, 4) is 0 Å². The van der Waals surface area contributed by atoms with E-state index < -0.39 is 0 Å². The van der Waals surface area contributed by atoms with Gasteiger partial charge in [-0.2, -0.15) is 0 Å². The van der Waals surface area contributed by atoms with Gasteiger partial charge in [0.1, 0.15) is 0 Å². The molecule has 0 radical (unpaired) electrons. The highest BCUT2D eigenvalue weighted by Gasteiger charge is 2.19. The summed E-state index contributed by atoms with van der Waals surface area (Å²) in [5, 5.41) is 1.30. The molecule has 0 aliphatic heterocycles. The van der Waals surface area contributed by atoms with E-state index in [1.165, 1.54) is 27.7 Å². The predicted octanol–water partition coefficient (Wildman–Crippen LogP) is 4.72. The highest BCUT2D eigenvalue weighted by Crippen LogP contribution is 2.35. The lowest BCUT2D eigenvalue weighted by molar-refractivity contribution is 0.796. The third-order valence-electron chi connectivity index (χ3n) is 3.97. The van der Waals surface area contributed by atoms with Crippen LogP contribution in [0.4, 0.5) is 0 Å². The van der Waals surface area contributed by atoms with Gasteiger partial charge >= 0.3 is 0 Å². The first-order valence-electron chi connectivity index (χ1n) is 6.75. The van der Waals surface area contributed by atoms with E-state index >= 15 is 0 Å². The minimum Gasteiger partial charge on any atom is -0.358 e. The maximum absolute atomic E-state index is 3.57. The standard InChI is InChI=1S/C18H15N/c1-3-9-15-13(6-1)8-5-10-16(15)18-12-14-7-2-4-11-17(14)19-18/h1-9,11-12,16,19H,10H2. The van der Waals surface area contributed by atoms with Crippen LogP contribution in [0.5, 0.6) is 0 Å². The Hall–Kier alpha value is -2.28. The van der Waals surface area contributed by atoms with Gasteiger partial charge in [0, 0.05) is 17.1 Å². The number of hydrogen-bond acceptors (Lipinski definition) is 0. The number of aromatic nitrogens is 1. The van der Waals surface area contributed by atoms with Crippen LogP contribution < -0.4 is 0 Å². The van der Waals surface area contributed by atoms with Crippen molar-refractivity contribution in [2.45, 2.75) is 12.3 Å². The minimum atomic E-state index is 0.452. The molecule has 0 bridgehead atoms. The summed E-state index contributed by atoms with van der Waals surface area (Å²) in [7, 11) is 0. The number of fused-ring (bicyclic) bond motifs is 2. The highest BCUT2D eigenvalue weighted by molar-refractivity contribution is 5.80. The lowest BCUT2D eigenvalue weighted by Crippen LogP contribution is -2.05. The second-order valence-electron chi connectivity index (χ2n) is 5.13. The number of aromatic amines is 1. The lowest BCUT2D eigenvalue weighted by atomic mass is 9.85. The van der Waals surface area contributed by atoms with Crippen LogP contribution in [-0.2, 0) is 0 Å². The zero-order valence-corrected chi connectivity index (χ0v) is 10.6. The molecule has 0 saturated heterocycles. The summed E-state index contributed by atoms with van der Waals surface area (Å²) in [6, 6.07) is 19.4. The zero-order valence-electron chi connectivity index (χ0n) is 10.6. The minimum absolute atomic E-state index is 0.452. The Bertz CT molecular complexity index is 731. The fourth-order valence-corrected chi connectivity index (χ4v) is 3.02. The van der Waals surface area contributed by atoms with Crippen LogP contribution >= 0.6 is 0 Å². The third-order valence-corrected chi connectivity index (χ3v) is 3.97. The van der Waals surface area contributed by atoms with Gasteiger partial charge in [0.15, 0.2) is 0 Å². The van der Waals surface area contributed by atoms with Gasteiger partial charge in [0.25, 0.3) is 0 Å². The molecule has 1 aliphatic rings. The first-order chi connectivity index (χ1) is 9.42. The monoisotopic (exact) mass is 245 g/mol. The number of para-hydroxylation sites is 1. The average Bonchev–Trinajstić information content (AvgIpc) is 2.90. The molecule has 1 atom stereocenters.